The van der Waals surface area contributed by atoms with Crippen LogP contribution in [0.5, 0.6) is 0 Å². The number of benzene rings is 1. The lowest BCUT2D eigenvalue weighted by atomic mass is 10.1. The maximum absolute atomic E-state index is 12.9. The maximum atomic E-state index is 12.9. The molecule has 0 aliphatic rings. The molecule has 14 heavy (non-hydrogen) atoms. The van der Waals surface area contributed by atoms with Gasteiger partial charge in [0, 0.05) is 11.6 Å². The lowest BCUT2D eigenvalue weighted by Crippen LogP contribution is -2.12. The van der Waals surface area contributed by atoms with Gasteiger partial charge in [0.2, 0.25) is 0 Å². The second-order valence-electron chi connectivity index (χ2n) is 2.53. The number of aliphatic carboxylic acids is 1. The maximum Gasteiger partial charge on any atom is 0.337 e. The molecule has 0 fully saturated rings. The zero-order chi connectivity index (χ0) is 10.9. The van der Waals surface area contributed by atoms with Crippen molar-refractivity contribution in [1.82, 2.24) is 0 Å². The number of carboxylic acid groups (broad SMARTS) is 1. The van der Waals surface area contributed by atoms with Crippen LogP contribution in [0.4, 0.5) is 8.78 Å². The number of carbonyl (C=O) groups is 1. The molecule has 1 atom stereocenters. The fraction of sp³-hybridized carbons (Fsp3) is 0.125. The van der Waals surface area contributed by atoms with Crippen LogP contribution >= 0.6 is 15.9 Å². The molecule has 0 aromatic heterocycles. The zero-order valence-corrected chi connectivity index (χ0v) is 8.25. The monoisotopic (exact) mass is 266 g/mol. The highest BCUT2D eigenvalue weighted by Gasteiger charge is 2.21. The van der Waals surface area contributed by atoms with E-state index in [-0.39, 0.29) is 10.0 Å². The summed E-state index contributed by atoms with van der Waals surface area (Å²) in [6.07, 6.45) is -1.95. The van der Waals surface area contributed by atoms with Gasteiger partial charge in [0.15, 0.2) is 6.10 Å². The average Bonchev–Trinajstić information content (AvgIpc) is 2.09. The summed E-state index contributed by atoms with van der Waals surface area (Å²) in [6, 6.07) is 1.34. The number of hydrogen-bond acceptors (Lipinski definition) is 2. The van der Waals surface area contributed by atoms with Crippen molar-refractivity contribution in [2.45, 2.75) is 6.10 Å². The first kappa shape index (κ1) is 11.1. The molecule has 0 spiro atoms. The molecule has 0 saturated carbocycles. The Morgan fingerprint density at radius 3 is 2.50 bits per heavy atom. The third-order valence-electron chi connectivity index (χ3n) is 1.55. The molecule has 0 aliphatic carbocycles. The molecule has 1 unspecified atom stereocenters. The minimum atomic E-state index is -1.95. The van der Waals surface area contributed by atoms with Crippen molar-refractivity contribution < 1.29 is 23.8 Å². The highest BCUT2D eigenvalue weighted by atomic mass is 79.9. The van der Waals surface area contributed by atoms with Gasteiger partial charge in [-0.2, -0.15) is 0 Å². The number of aliphatic hydroxyl groups is 1. The number of rotatable bonds is 2. The average molecular weight is 267 g/mol. The van der Waals surface area contributed by atoms with E-state index in [1.165, 1.54) is 0 Å². The van der Waals surface area contributed by atoms with Crippen LogP contribution in [-0.4, -0.2) is 16.2 Å². The van der Waals surface area contributed by atoms with Crippen molar-refractivity contribution in [3.63, 3.8) is 0 Å². The first-order valence-corrected chi connectivity index (χ1v) is 4.28. The van der Waals surface area contributed by atoms with Gasteiger partial charge < -0.3 is 10.2 Å². The normalized spacial score (nSPS) is 12.6. The third-order valence-corrected chi connectivity index (χ3v) is 2.39. The first-order valence-electron chi connectivity index (χ1n) is 3.48. The van der Waals surface area contributed by atoms with Gasteiger partial charge in [-0.1, -0.05) is 0 Å². The fourth-order valence-corrected chi connectivity index (χ4v) is 1.35. The number of carboxylic acids is 1. The predicted molar refractivity (Wildman–Crippen MR) is 46.7 cm³/mol. The van der Waals surface area contributed by atoms with Crippen molar-refractivity contribution in [2.24, 2.45) is 0 Å². The Hall–Kier alpha value is -1.01. The predicted octanol–water partition coefficient (Wildman–Crippen LogP) is 1.85. The van der Waals surface area contributed by atoms with Gasteiger partial charge in [-0.25, -0.2) is 13.6 Å². The van der Waals surface area contributed by atoms with Crippen molar-refractivity contribution in [3.8, 4) is 0 Å². The summed E-state index contributed by atoms with van der Waals surface area (Å²) in [5, 5.41) is 17.5. The molecule has 0 heterocycles. The molecule has 2 N–H and O–H groups in total. The standard InChI is InChI=1S/C8H5BrF2O3/c9-6-4(7(12)8(13)14)1-3(10)2-5(6)11/h1-2,7,12H,(H,13,14). The Bertz CT molecular complexity index is 381. The highest BCUT2D eigenvalue weighted by molar-refractivity contribution is 9.10. The van der Waals surface area contributed by atoms with Crippen molar-refractivity contribution in [3.05, 3.63) is 33.8 Å². The van der Waals surface area contributed by atoms with Crippen LogP contribution in [0, 0.1) is 11.6 Å². The molecule has 0 saturated heterocycles. The number of hydrogen-bond donors (Lipinski definition) is 2. The third kappa shape index (κ3) is 2.08. The summed E-state index contributed by atoms with van der Waals surface area (Å²) in [5.41, 5.74) is -0.352. The lowest BCUT2D eigenvalue weighted by Gasteiger charge is -2.08. The Morgan fingerprint density at radius 1 is 1.43 bits per heavy atom. The Kier molecular flexibility index (Phi) is 3.17. The molecule has 0 bridgehead atoms. The van der Waals surface area contributed by atoms with Crippen molar-refractivity contribution in [1.29, 1.82) is 0 Å². The summed E-state index contributed by atoms with van der Waals surface area (Å²) in [5.74, 6) is -3.47. The molecular weight excluding hydrogens is 262 g/mol. The highest BCUT2D eigenvalue weighted by Crippen LogP contribution is 2.27. The van der Waals surface area contributed by atoms with Crippen LogP contribution in [0.1, 0.15) is 11.7 Å². The van der Waals surface area contributed by atoms with E-state index >= 15 is 0 Å². The van der Waals surface area contributed by atoms with Gasteiger partial charge in [0.25, 0.3) is 0 Å². The van der Waals surface area contributed by atoms with E-state index in [2.05, 4.69) is 15.9 Å². The van der Waals surface area contributed by atoms with E-state index in [9.17, 15) is 13.6 Å². The molecule has 1 aromatic carbocycles. The molecule has 0 radical (unpaired) electrons. The largest absolute Gasteiger partial charge is 0.479 e. The molecule has 3 nitrogen and oxygen atoms in total. The van der Waals surface area contributed by atoms with E-state index in [1.54, 1.807) is 0 Å². The summed E-state index contributed by atoms with van der Waals surface area (Å²) >= 11 is 2.72. The van der Waals surface area contributed by atoms with Gasteiger partial charge in [-0.15, -0.1) is 0 Å². The number of aliphatic hydroxyl groups excluding tert-OH is 1. The summed E-state index contributed by atoms with van der Waals surface area (Å²) in [4.78, 5) is 10.4. The molecule has 6 heteroatoms. The Labute approximate surface area is 86.1 Å². The molecule has 1 rings (SSSR count). The SMILES string of the molecule is O=C(O)C(O)c1cc(F)cc(F)c1Br. The molecule has 0 aliphatic heterocycles. The summed E-state index contributed by atoms with van der Waals surface area (Å²) in [6.45, 7) is 0. The Morgan fingerprint density at radius 2 is 2.00 bits per heavy atom. The van der Waals surface area contributed by atoms with Gasteiger partial charge in [-0.05, 0) is 22.0 Å². The van der Waals surface area contributed by atoms with E-state index in [4.69, 9.17) is 10.2 Å². The first-order chi connectivity index (χ1) is 6.43. The van der Waals surface area contributed by atoms with Crippen LogP contribution in [0.3, 0.4) is 0 Å². The quantitative estimate of drug-likeness (QED) is 0.804. The van der Waals surface area contributed by atoms with Crippen molar-refractivity contribution >= 4 is 21.9 Å². The molecule has 1 aromatic rings. The van der Waals surface area contributed by atoms with E-state index in [1.807, 2.05) is 0 Å². The van der Waals surface area contributed by atoms with Crippen LogP contribution in [-0.2, 0) is 4.79 Å². The van der Waals surface area contributed by atoms with E-state index in [0.717, 1.165) is 6.07 Å². The molecule has 0 amide bonds. The van der Waals surface area contributed by atoms with E-state index < -0.39 is 23.7 Å². The fourth-order valence-electron chi connectivity index (χ4n) is 0.908. The van der Waals surface area contributed by atoms with Gasteiger partial charge in [0.1, 0.15) is 11.6 Å². The van der Waals surface area contributed by atoms with Gasteiger partial charge in [-0.3, -0.25) is 0 Å². The molecule has 76 valence electrons. The van der Waals surface area contributed by atoms with Crippen molar-refractivity contribution in [2.75, 3.05) is 0 Å². The topological polar surface area (TPSA) is 57.5 Å². The van der Waals surface area contributed by atoms with Crippen LogP contribution in [0.15, 0.2) is 16.6 Å². The summed E-state index contributed by atoms with van der Waals surface area (Å²) < 4.78 is 25.3. The van der Waals surface area contributed by atoms with Crippen LogP contribution in [0.25, 0.3) is 0 Å². The van der Waals surface area contributed by atoms with Crippen LogP contribution in [0.2, 0.25) is 0 Å². The molecular formula is C8H5BrF2O3. The second kappa shape index (κ2) is 4.02. The minimum absolute atomic E-state index is 0.256. The number of halogens is 3. The lowest BCUT2D eigenvalue weighted by molar-refractivity contribution is -0.147. The minimum Gasteiger partial charge on any atom is -0.479 e. The second-order valence-corrected chi connectivity index (χ2v) is 3.32. The smallest absolute Gasteiger partial charge is 0.337 e. The Balaban J connectivity index is 3.26. The zero-order valence-electron chi connectivity index (χ0n) is 6.67. The van der Waals surface area contributed by atoms with Gasteiger partial charge >= 0.3 is 5.97 Å². The van der Waals surface area contributed by atoms with Gasteiger partial charge in [0.05, 0.1) is 4.47 Å². The van der Waals surface area contributed by atoms with E-state index in [0.29, 0.717) is 6.07 Å². The summed E-state index contributed by atoms with van der Waals surface area (Å²) in [7, 11) is 0. The van der Waals surface area contributed by atoms with Crippen LogP contribution < -0.4 is 0 Å².